The number of benzene rings is 1. The first-order valence-electron chi connectivity index (χ1n) is 15.3. The van der Waals surface area contributed by atoms with Crippen LogP contribution in [0.2, 0.25) is 0 Å². The number of thiazole rings is 1. The smallest absolute Gasteiger partial charge is 0.246 e. The molecule has 0 spiro atoms. The van der Waals surface area contributed by atoms with Gasteiger partial charge < -0.3 is 40.0 Å². The van der Waals surface area contributed by atoms with Gasteiger partial charge in [0.1, 0.15) is 19.0 Å². The minimum atomic E-state index is -0.421. The number of rotatable bonds is 16. The fourth-order valence-electron chi connectivity index (χ4n) is 5.56. The lowest BCUT2D eigenvalue weighted by atomic mass is 9.79. The molecule has 13 nitrogen and oxygen atoms in total. The summed E-state index contributed by atoms with van der Waals surface area (Å²) in [6, 6.07) is 4.08. The van der Waals surface area contributed by atoms with Crippen molar-refractivity contribution < 1.29 is 33.6 Å². The molecule has 0 unspecified atom stereocenters. The predicted octanol–water partition coefficient (Wildman–Crippen LogP) is 2.67. The standard InChI is InChI=1S/C31H42N6O7S/c1-18(13-34-27(39)17-43-10-9-41-2)35-21-11-19(12-21)30(40)37-31-36-23-8-7-22(28(42-3)29(23)45-31)20-14-32-26(33-15-20)16-44-25-6-4-5-24(25)38/h7-8,14-15,18-19,21,24-25,35,38H,4-6,9-13,16-17H2,1-3H3,(H,34,39)(H,36,37,40)/t18-,19-,21+,24-,25-/m0/s1. The number of hydrogen-bond donors (Lipinski definition) is 4. The Balaban J connectivity index is 1.10. The lowest BCUT2D eigenvalue weighted by Crippen LogP contribution is -2.51. The lowest BCUT2D eigenvalue weighted by molar-refractivity contribution is -0.126. The highest BCUT2D eigenvalue weighted by molar-refractivity contribution is 7.22. The minimum absolute atomic E-state index is 0.00536. The Morgan fingerprint density at radius 3 is 2.64 bits per heavy atom. The second-order valence-electron chi connectivity index (χ2n) is 11.5. The van der Waals surface area contributed by atoms with Crippen LogP contribution >= 0.6 is 11.3 Å². The number of fused-ring (bicyclic) bond motifs is 1. The van der Waals surface area contributed by atoms with Gasteiger partial charge in [0.2, 0.25) is 11.8 Å². The summed E-state index contributed by atoms with van der Waals surface area (Å²) in [5, 5.41) is 19.8. The molecule has 244 valence electrons. The van der Waals surface area contributed by atoms with Crippen LogP contribution in [-0.2, 0) is 30.4 Å². The molecule has 0 bridgehead atoms. The molecule has 14 heteroatoms. The van der Waals surface area contributed by atoms with Gasteiger partial charge in [0, 0.05) is 55.2 Å². The quantitative estimate of drug-likeness (QED) is 0.170. The van der Waals surface area contributed by atoms with E-state index < -0.39 is 6.10 Å². The normalized spacial score (nSPS) is 21.8. The summed E-state index contributed by atoms with van der Waals surface area (Å²) in [7, 11) is 3.19. The van der Waals surface area contributed by atoms with Crippen molar-refractivity contribution in [2.24, 2.45) is 5.92 Å². The van der Waals surface area contributed by atoms with Crippen molar-refractivity contribution in [3.63, 3.8) is 0 Å². The van der Waals surface area contributed by atoms with Gasteiger partial charge in [-0.05, 0) is 51.2 Å². The van der Waals surface area contributed by atoms with Gasteiger partial charge in [0.05, 0.1) is 42.7 Å². The third-order valence-corrected chi connectivity index (χ3v) is 9.09. The van der Waals surface area contributed by atoms with Crippen molar-refractivity contribution in [1.82, 2.24) is 25.6 Å². The van der Waals surface area contributed by atoms with E-state index in [0.29, 0.717) is 49.3 Å². The monoisotopic (exact) mass is 642 g/mol. The average molecular weight is 643 g/mol. The maximum absolute atomic E-state index is 13.0. The van der Waals surface area contributed by atoms with E-state index in [4.69, 9.17) is 18.9 Å². The van der Waals surface area contributed by atoms with E-state index in [2.05, 4.69) is 30.9 Å². The number of aromatic nitrogens is 3. The first kappa shape index (κ1) is 33.1. The summed E-state index contributed by atoms with van der Waals surface area (Å²) in [6.07, 6.45) is 6.90. The van der Waals surface area contributed by atoms with Crippen molar-refractivity contribution >= 4 is 38.5 Å². The summed E-state index contributed by atoms with van der Waals surface area (Å²) in [5.74, 6) is 0.854. The number of anilines is 1. The highest BCUT2D eigenvalue weighted by Gasteiger charge is 2.35. The highest BCUT2D eigenvalue weighted by atomic mass is 32.1. The number of ether oxygens (including phenoxy) is 4. The topological polar surface area (TPSA) is 166 Å². The molecule has 2 saturated carbocycles. The fourth-order valence-corrected chi connectivity index (χ4v) is 6.56. The number of hydrogen-bond acceptors (Lipinski definition) is 12. The van der Waals surface area contributed by atoms with Gasteiger partial charge in [-0.1, -0.05) is 11.3 Å². The Morgan fingerprint density at radius 1 is 1.13 bits per heavy atom. The van der Waals surface area contributed by atoms with Gasteiger partial charge >= 0.3 is 0 Å². The van der Waals surface area contributed by atoms with E-state index >= 15 is 0 Å². The van der Waals surface area contributed by atoms with Crippen molar-refractivity contribution in [2.75, 3.05) is 45.9 Å². The summed E-state index contributed by atoms with van der Waals surface area (Å²) in [4.78, 5) is 38.4. The van der Waals surface area contributed by atoms with Crippen molar-refractivity contribution in [2.45, 2.75) is 69.9 Å². The number of nitrogens with zero attached hydrogens (tertiary/aromatic N) is 3. The Labute approximate surface area is 266 Å². The second-order valence-corrected chi connectivity index (χ2v) is 12.5. The van der Waals surface area contributed by atoms with Crippen LogP contribution in [0.4, 0.5) is 5.13 Å². The van der Waals surface area contributed by atoms with Crippen molar-refractivity contribution in [3.05, 3.63) is 30.4 Å². The van der Waals surface area contributed by atoms with E-state index in [0.717, 1.165) is 40.6 Å². The molecule has 2 aliphatic carbocycles. The molecule has 2 aromatic heterocycles. The zero-order valence-corrected chi connectivity index (χ0v) is 26.7. The molecule has 5 rings (SSSR count). The number of carbonyl (C=O) groups excluding carboxylic acids is 2. The summed E-state index contributed by atoms with van der Waals surface area (Å²) >= 11 is 1.37. The van der Waals surface area contributed by atoms with Crippen LogP contribution in [0.3, 0.4) is 0 Å². The van der Waals surface area contributed by atoms with E-state index in [9.17, 15) is 14.7 Å². The molecule has 0 saturated heterocycles. The first-order valence-corrected chi connectivity index (χ1v) is 16.1. The molecule has 0 aliphatic heterocycles. The Hall–Kier alpha value is -3.27. The number of carbonyl (C=O) groups is 2. The summed E-state index contributed by atoms with van der Waals surface area (Å²) in [6.45, 7) is 3.56. The van der Waals surface area contributed by atoms with Crippen LogP contribution in [0, 0.1) is 5.92 Å². The van der Waals surface area contributed by atoms with E-state index in [1.54, 1.807) is 26.6 Å². The third-order valence-electron chi connectivity index (χ3n) is 8.11. The minimum Gasteiger partial charge on any atom is -0.495 e. The number of aliphatic hydroxyl groups excluding tert-OH is 1. The van der Waals surface area contributed by atoms with Gasteiger partial charge in [-0.15, -0.1) is 0 Å². The molecule has 2 fully saturated rings. The van der Waals surface area contributed by atoms with Crippen molar-refractivity contribution in [1.29, 1.82) is 0 Å². The zero-order valence-electron chi connectivity index (χ0n) is 25.9. The average Bonchev–Trinajstić information content (AvgIpc) is 3.63. The van der Waals surface area contributed by atoms with E-state index in [1.807, 2.05) is 19.1 Å². The van der Waals surface area contributed by atoms with Gasteiger partial charge in [0.25, 0.3) is 0 Å². The number of amides is 2. The molecule has 2 heterocycles. The molecule has 2 aliphatic rings. The maximum Gasteiger partial charge on any atom is 0.246 e. The van der Waals surface area contributed by atoms with Crippen molar-refractivity contribution in [3.8, 4) is 16.9 Å². The SMILES string of the molecule is COCCOCC(=O)NC[C@H](C)N[C@H]1C[C@@H](C(=O)Nc2nc3ccc(-c4cnc(CO[C@H]5CCC[C@@H]5O)nc4)c(OC)c3s2)C1. The second kappa shape index (κ2) is 15.8. The Kier molecular flexibility index (Phi) is 11.6. The molecule has 45 heavy (non-hydrogen) atoms. The van der Waals surface area contributed by atoms with Crippen LogP contribution in [0.25, 0.3) is 21.3 Å². The predicted molar refractivity (Wildman–Crippen MR) is 169 cm³/mol. The lowest BCUT2D eigenvalue weighted by Gasteiger charge is -2.36. The van der Waals surface area contributed by atoms with Crippen LogP contribution < -0.4 is 20.7 Å². The molecular formula is C31H42N6O7S. The summed E-state index contributed by atoms with van der Waals surface area (Å²) < 4.78 is 22.5. The molecular weight excluding hydrogens is 600 g/mol. The third kappa shape index (κ3) is 8.71. The summed E-state index contributed by atoms with van der Waals surface area (Å²) in [5.41, 5.74) is 2.33. The fraction of sp³-hybridized carbons (Fsp3) is 0.581. The molecule has 3 atom stereocenters. The van der Waals surface area contributed by atoms with Crippen LogP contribution in [0.5, 0.6) is 5.75 Å². The van der Waals surface area contributed by atoms with Gasteiger partial charge in [-0.25, -0.2) is 15.0 Å². The molecule has 1 aromatic carbocycles. The number of nitrogens with one attached hydrogen (secondary N) is 3. The van der Waals surface area contributed by atoms with Crippen LogP contribution in [-0.4, -0.2) is 96.7 Å². The molecule has 3 aromatic rings. The van der Waals surface area contributed by atoms with Gasteiger partial charge in [-0.3, -0.25) is 9.59 Å². The first-order chi connectivity index (χ1) is 21.8. The molecule has 2 amide bonds. The van der Waals surface area contributed by atoms with E-state index in [1.165, 1.54) is 11.3 Å². The van der Waals surface area contributed by atoms with Crippen LogP contribution in [0.15, 0.2) is 24.5 Å². The zero-order chi connectivity index (χ0) is 31.8. The Bertz CT molecular complexity index is 1430. The largest absolute Gasteiger partial charge is 0.495 e. The highest BCUT2D eigenvalue weighted by Crippen LogP contribution is 2.41. The molecule has 0 radical (unpaired) electrons. The van der Waals surface area contributed by atoms with Crippen LogP contribution in [0.1, 0.15) is 44.9 Å². The maximum atomic E-state index is 13.0. The number of methoxy groups -OCH3 is 2. The van der Waals surface area contributed by atoms with E-state index in [-0.39, 0.29) is 49.1 Å². The number of aliphatic hydroxyl groups is 1. The Morgan fingerprint density at radius 2 is 1.93 bits per heavy atom. The van der Waals surface area contributed by atoms with Gasteiger partial charge in [-0.2, -0.15) is 0 Å². The van der Waals surface area contributed by atoms with Gasteiger partial charge in [0.15, 0.2) is 11.0 Å². The molecule has 4 N–H and O–H groups in total.